The van der Waals surface area contributed by atoms with Crippen LogP contribution < -0.4 is 15.4 Å². The third-order valence-corrected chi connectivity index (χ3v) is 5.99. The van der Waals surface area contributed by atoms with E-state index in [1.165, 1.54) is 6.92 Å². The summed E-state index contributed by atoms with van der Waals surface area (Å²) in [7, 11) is 3.67. The number of amides is 2. The van der Waals surface area contributed by atoms with E-state index in [0.29, 0.717) is 19.6 Å². The number of likely N-dealkylation sites (N-methyl/N-ethyl adjacent to an activating group) is 1. The lowest BCUT2D eigenvalue weighted by Gasteiger charge is -2.19. The van der Waals surface area contributed by atoms with Crippen LogP contribution in [0, 0.1) is 5.92 Å². The number of carbonyl (C=O) groups excluding carboxylic acids is 3. The van der Waals surface area contributed by atoms with Gasteiger partial charge >= 0.3 is 5.97 Å². The van der Waals surface area contributed by atoms with Crippen LogP contribution in [0.1, 0.15) is 29.5 Å². The summed E-state index contributed by atoms with van der Waals surface area (Å²) in [6, 6.07) is 15.8. The molecule has 34 heavy (non-hydrogen) atoms. The molecule has 0 aliphatic carbocycles. The second-order valence-corrected chi connectivity index (χ2v) is 8.63. The van der Waals surface area contributed by atoms with Crippen LogP contribution >= 0.6 is 0 Å². The molecule has 1 saturated heterocycles. The Morgan fingerprint density at radius 2 is 1.79 bits per heavy atom. The summed E-state index contributed by atoms with van der Waals surface area (Å²) in [5.41, 5.74) is 3.15. The first-order chi connectivity index (χ1) is 16.4. The van der Waals surface area contributed by atoms with Crippen LogP contribution in [-0.2, 0) is 32.1 Å². The molecule has 182 valence electrons. The van der Waals surface area contributed by atoms with E-state index >= 15 is 0 Å². The zero-order valence-corrected chi connectivity index (χ0v) is 20.0. The summed E-state index contributed by atoms with van der Waals surface area (Å²) in [5.74, 6) is -0.0396. The Hall–Kier alpha value is -3.39. The second kappa shape index (κ2) is 12.2. The van der Waals surface area contributed by atoms with Crippen LogP contribution in [0.15, 0.2) is 48.5 Å². The maximum absolute atomic E-state index is 13.0. The van der Waals surface area contributed by atoms with Gasteiger partial charge in [0.2, 0.25) is 5.91 Å². The van der Waals surface area contributed by atoms with Gasteiger partial charge in [-0.1, -0.05) is 36.4 Å². The van der Waals surface area contributed by atoms with Crippen molar-refractivity contribution in [1.82, 2.24) is 15.5 Å². The van der Waals surface area contributed by atoms with Crippen molar-refractivity contribution < 1.29 is 23.9 Å². The maximum atomic E-state index is 13.0. The molecule has 3 rings (SSSR count). The van der Waals surface area contributed by atoms with Gasteiger partial charge in [-0.15, -0.1) is 0 Å². The highest BCUT2D eigenvalue weighted by Gasteiger charge is 2.36. The lowest BCUT2D eigenvalue weighted by atomic mass is 9.87. The standard InChI is InChI=1S/C26H33N3O5/c1-18(30)34-17-25(31)28-14-20-5-4-6-21(13-20)23-15-29(2)16-24(23)26(32)27-12-11-19-7-9-22(33-3)10-8-19/h4-10,13,23-24H,11-12,14-17H2,1-3H3,(H,27,32)(H,28,31)/t23-,24-/m0/s1. The first-order valence-corrected chi connectivity index (χ1v) is 11.4. The topological polar surface area (TPSA) is 97.0 Å². The molecule has 1 aliphatic rings. The van der Waals surface area contributed by atoms with E-state index in [9.17, 15) is 14.4 Å². The summed E-state index contributed by atoms with van der Waals surface area (Å²) in [6.45, 7) is 3.37. The molecular formula is C26H33N3O5. The van der Waals surface area contributed by atoms with Crippen LogP contribution in [0.25, 0.3) is 0 Å². The summed E-state index contributed by atoms with van der Waals surface area (Å²) in [6.07, 6.45) is 0.755. The Morgan fingerprint density at radius 3 is 2.50 bits per heavy atom. The highest BCUT2D eigenvalue weighted by molar-refractivity contribution is 5.81. The number of benzene rings is 2. The predicted molar refractivity (Wildman–Crippen MR) is 128 cm³/mol. The van der Waals surface area contributed by atoms with Crippen molar-refractivity contribution in [1.29, 1.82) is 0 Å². The minimum atomic E-state index is -0.490. The minimum absolute atomic E-state index is 0.0583. The van der Waals surface area contributed by atoms with Crippen LogP contribution in [0.5, 0.6) is 5.75 Å². The number of methoxy groups -OCH3 is 1. The first kappa shape index (κ1) is 25.2. The van der Waals surface area contributed by atoms with Gasteiger partial charge in [-0.05, 0) is 42.3 Å². The Labute approximate surface area is 200 Å². The number of ether oxygens (including phenoxy) is 2. The highest BCUT2D eigenvalue weighted by atomic mass is 16.5. The van der Waals surface area contributed by atoms with Gasteiger partial charge in [-0.2, -0.15) is 0 Å². The third kappa shape index (κ3) is 7.31. The number of carbonyl (C=O) groups is 3. The molecule has 1 fully saturated rings. The first-order valence-electron chi connectivity index (χ1n) is 11.4. The molecule has 0 radical (unpaired) electrons. The van der Waals surface area contributed by atoms with Crippen molar-refractivity contribution >= 4 is 17.8 Å². The molecule has 0 spiro atoms. The van der Waals surface area contributed by atoms with Gasteiger partial charge < -0.3 is 25.0 Å². The molecule has 2 amide bonds. The summed E-state index contributed by atoms with van der Waals surface area (Å²) < 4.78 is 9.90. The average Bonchev–Trinajstić information content (AvgIpc) is 3.24. The second-order valence-electron chi connectivity index (χ2n) is 8.63. The fourth-order valence-corrected chi connectivity index (χ4v) is 4.21. The van der Waals surface area contributed by atoms with Crippen LogP contribution in [-0.4, -0.2) is 63.1 Å². The van der Waals surface area contributed by atoms with E-state index in [1.54, 1.807) is 7.11 Å². The number of esters is 1. The van der Waals surface area contributed by atoms with Crippen molar-refractivity contribution in [2.24, 2.45) is 5.92 Å². The number of likely N-dealkylation sites (tertiary alicyclic amines) is 1. The summed E-state index contributed by atoms with van der Waals surface area (Å²) in [5, 5.41) is 5.86. The van der Waals surface area contributed by atoms with E-state index in [0.717, 1.165) is 35.4 Å². The number of nitrogens with zero attached hydrogens (tertiary/aromatic N) is 1. The average molecular weight is 468 g/mol. The predicted octanol–water partition coefficient (Wildman–Crippen LogP) is 1.88. The molecule has 0 aromatic heterocycles. The number of hydrogen-bond donors (Lipinski definition) is 2. The van der Waals surface area contributed by atoms with E-state index in [2.05, 4.69) is 15.5 Å². The molecule has 8 heteroatoms. The Morgan fingerprint density at radius 1 is 1.03 bits per heavy atom. The molecule has 1 heterocycles. The van der Waals surface area contributed by atoms with Gasteiger partial charge in [-0.25, -0.2) is 0 Å². The molecule has 2 atom stereocenters. The molecule has 2 N–H and O–H groups in total. The molecule has 8 nitrogen and oxygen atoms in total. The SMILES string of the molecule is COc1ccc(CCNC(=O)[C@H]2CN(C)C[C@H]2c2cccc(CNC(=O)COC(C)=O)c2)cc1. The monoisotopic (exact) mass is 467 g/mol. The molecule has 0 unspecified atom stereocenters. The zero-order valence-electron chi connectivity index (χ0n) is 20.0. The van der Waals surface area contributed by atoms with Gasteiger partial charge in [0, 0.05) is 39.0 Å². The number of hydrogen-bond acceptors (Lipinski definition) is 6. The van der Waals surface area contributed by atoms with Gasteiger partial charge in [0.25, 0.3) is 5.91 Å². The quantitative estimate of drug-likeness (QED) is 0.518. The zero-order chi connectivity index (χ0) is 24.5. The van der Waals surface area contributed by atoms with E-state index < -0.39 is 5.97 Å². The number of nitrogens with one attached hydrogen (secondary N) is 2. The normalized spacial score (nSPS) is 17.7. The Bertz CT molecular complexity index is 992. The Kier molecular flexibility index (Phi) is 9.04. The van der Waals surface area contributed by atoms with Gasteiger partial charge in [0.1, 0.15) is 5.75 Å². The van der Waals surface area contributed by atoms with Crippen molar-refractivity contribution in [3.05, 3.63) is 65.2 Å². The van der Waals surface area contributed by atoms with Crippen molar-refractivity contribution in [3.8, 4) is 5.75 Å². The van der Waals surface area contributed by atoms with Gasteiger partial charge in [0.15, 0.2) is 6.61 Å². The molecule has 1 aliphatic heterocycles. The third-order valence-electron chi connectivity index (χ3n) is 5.99. The van der Waals surface area contributed by atoms with E-state index in [4.69, 9.17) is 9.47 Å². The molecule has 0 bridgehead atoms. The Balaban J connectivity index is 1.56. The van der Waals surface area contributed by atoms with Crippen molar-refractivity contribution in [3.63, 3.8) is 0 Å². The summed E-state index contributed by atoms with van der Waals surface area (Å²) in [4.78, 5) is 37.9. The van der Waals surface area contributed by atoms with Gasteiger partial charge in [0.05, 0.1) is 13.0 Å². The van der Waals surface area contributed by atoms with Crippen molar-refractivity contribution in [2.75, 3.05) is 40.4 Å². The fourth-order valence-electron chi connectivity index (χ4n) is 4.21. The van der Waals surface area contributed by atoms with Crippen LogP contribution in [0.2, 0.25) is 0 Å². The van der Waals surface area contributed by atoms with E-state index in [-0.39, 0.29) is 30.3 Å². The van der Waals surface area contributed by atoms with Gasteiger partial charge in [-0.3, -0.25) is 14.4 Å². The number of rotatable bonds is 10. The smallest absolute Gasteiger partial charge is 0.303 e. The largest absolute Gasteiger partial charge is 0.497 e. The fraction of sp³-hybridized carbons (Fsp3) is 0.423. The lowest BCUT2D eigenvalue weighted by molar-refractivity contribution is -0.146. The molecule has 0 saturated carbocycles. The molecule has 2 aromatic carbocycles. The van der Waals surface area contributed by atoms with Crippen molar-refractivity contribution in [2.45, 2.75) is 25.8 Å². The minimum Gasteiger partial charge on any atom is -0.497 e. The highest BCUT2D eigenvalue weighted by Crippen LogP contribution is 2.32. The maximum Gasteiger partial charge on any atom is 0.303 e. The van der Waals surface area contributed by atoms with Crippen LogP contribution in [0.3, 0.4) is 0 Å². The lowest BCUT2D eigenvalue weighted by Crippen LogP contribution is -2.35. The molecule has 2 aromatic rings. The summed E-state index contributed by atoms with van der Waals surface area (Å²) >= 11 is 0. The van der Waals surface area contributed by atoms with E-state index in [1.807, 2.05) is 55.6 Å². The molecular weight excluding hydrogens is 434 g/mol. The van der Waals surface area contributed by atoms with Crippen LogP contribution in [0.4, 0.5) is 0 Å².